The van der Waals surface area contributed by atoms with Crippen LogP contribution in [0.3, 0.4) is 0 Å². The first-order valence-electron chi connectivity index (χ1n) is 8.49. The van der Waals surface area contributed by atoms with E-state index in [0.717, 1.165) is 11.4 Å². The Kier molecular flexibility index (Phi) is 5.26. The Bertz CT molecular complexity index is 855. The molecule has 0 radical (unpaired) electrons. The van der Waals surface area contributed by atoms with E-state index in [1.165, 1.54) is 6.20 Å². The second-order valence-electron chi connectivity index (χ2n) is 6.62. The van der Waals surface area contributed by atoms with Crippen LogP contribution in [0.15, 0.2) is 30.5 Å². The van der Waals surface area contributed by atoms with Crippen LogP contribution in [0.2, 0.25) is 0 Å². The van der Waals surface area contributed by atoms with Gasteiger partial charge in [0.2, 0.25) is 5.95 Å². The van der Waals surface area contributed by atoms with Crippen molar-refractivity contribution in [2.24, 2.45) is 0 Å². The predicted molar refractivity (Wildman–Crippen MR) is 101 cm³/mol. The van der Waals surface area contributed by atoms with Crippen molar-refractivity contribution in [2.75, 3.05) is 28.8 Å². The van der Waals surface area contributed by atoms with E-state index < -0.39 is 9.84 Å². The average Bonchev–Trinajstić information content (AvgIpc) is 2.96. The molecule has 1 atom stereocenters. The fourth-order valence-electron chi connectivity index (χ4n) is 2.80. The van der Waals surface area contributed by atoms with Crippen molar-refractivity contribution in [1.82, 2.24) is 15.2 Å². The smallest absolute Gasteiger partial charge is 0.249 e. The highest BCUT2D eigenvalue weighted by Gasteiger charge is 2.31. The molecule has 1 saturated heterocycles. The van der Waals surface area contributed by atoms with E-state index in [1.807, 2.05) is 50.1 Å². The summed E-state index contributed by atoms with van der Waals surface area (Å²) in [4.78, 5) is 6.30. The predicted octanol–water partition coefficient (Wildman–Crippen LogP) is 2.03. The second-order valence-corrected chi connectivity index (χ2v) is 8.85. The van der Waals surface area contributed by atoms with Gasteiger partial charge in [0.05, 0.1) is 23.8 Å². The van der Waals surface area contributed by atoms with Crippen LogP contribution in [-0.2, 0) is 9.84 Å². The van der Waals surface area contributed by atoms with Gasteiger partial charge in [-0.15, -0.1) is 5.10 Å². The molecule has 2 aromatic rings. The number of rotatable bonds is 6. The number of sulfone groups is 1. The van der Waals surface area contributed by atoms with Gasteiger partial charge in [0.15, 0.2) is 15.7 Å². The summed E-state index contributed by atoms with van der Waals surface area (Å²) in [7, 11) is -1.12. The van der Waals surface area contributed by atoms with Gasteiger partial charge in [0.25, 0.3) is 0 Å². The van der Waals surface area contributed by atoms with Crippen molar-refractivity contribution in [2.45, 2.75) is 32.4 Å². The molecule has 0 aliphatic carbocycles. The molecule has 1 aliphatic heterocycles. The summed E-state index contributed by atoms with van der Waals surface area (Å²) in [6.07, 6.45) is 2.26. The molecule has 8 nitrogen and oxygen atoms in total. The van der Waals surface area contributed by atoms with Gasteiger partial charge in [-0.25, -0.2) is 8.42 Å². The summed E-state index contributed by atoms with van der Waals surface area (Å²) in [5.74, 6) is 2.10. The number of hydrogen-bond donors (Lipinski definition) is 1. The van der Waals surface area contributed by atoms with Crippen molar-refractivity contribution >= 4 is 27.3 Å². The fraction of sp³-hybridized carbons (Fsp3) is 0.471. The standard InChI is InChI=1S/C17H23N5O3S/c1-12(2)25-15-6-4-13(5-7-15)19-17-20-16(10-18-21-17)22(3)14-8-9-26(23,24)11-14/h4-7,10,12,14H,8-9,11H2,1-3H3,(H,19,20,21). The number of anilines is 3. The van der Waals surface area contributed by atoms with Gasteiger partial charge in [0.1, 0.15) is 5.75 Å². The zero-order chi connectivity index (χ0) is 18.7. The number of ether oxygens (including phenoxy) is 1. The number of aromatic nitrogens is 3. The Morgan fingerprint density at radius 2 is 2.00 bits per heavy atom. The Labute approximate surface area is 153 Å². The van der Waals surface area contributed by atoms with Crippen LogP contribution >= 0.6 is 0 Å². The van der Waals surface area contributed by atoms with Gasteiger partial charge in [0, 0.05) is 18.8 Å². The minimum Gasteiger partial charge on any atom is -0.491 e. The van der Waals surface area contributed by atoms with Gasteiger partial charge in [-0.2, -0.15) is 10.1 Å². The second kappa shape index (κ2) is 7.45. The van der Waals surface area contributed by atoms with E-state index in [4.69, 9.17) is 4.74 Å². The third kappa shape index (κ3) is 4.60. The molecule has 9 heteroatoms. The molecule has 140 valence electrons. The first-order chi connectivity index (χ1) is 12.3. The normalized spacial score (nSPS) is 18.7. The van der Waals surface area contributed by atoms with Crippen LogP contribution in [0.1, 0.15) is 20.3 Å². The fourth-order valence-corrected chi connectivity index (χ4v) is 4.58. The van der Waals surface area contributed by atoms with Crippen LogP contribution < -0.4 is 15.0 Å². The van der Waals surface area contributed by atoms with Gasteiger partial charge in [-0.3, -0.25) is 0 Å². The van der Waals surface area contributed by atoms with Crippen LogP contribution in [0.25, 0.3) is 0 Å². The van der Waals surface area contributed by atoms with Gasteiger partial charge < -0.3 is 15.0 Å². The molecular formula is C17H23N5O3S. The van der Waals surface area contributed by atoms with Crippen molar-refractivity contribution in [3.8, 4) is 5.75 Å². The molecule has 0 saturated carbocycles. The van der Waals surface area contributed by atoms with Crippen LogP contribution in [0.5, 0.6) is 5.75 Å². The topological polar surface area (TPSA) is 97.3 Å². The molecule has 1 aromatic carbocycles. The zero-order valence-corrected chi connectivity index (χ0v) is 15.9. The molecule has 0 amide bonds. The summed E-state index contributed by atoms with van der Waals surface area (Å²) in [5, 5.41) is 11.1. The van der Waals surface area contributed by atoms with Crippen molar-refractivity contribution in [3.63, 3.8) is 0 Å². The summed E-state index contributed by atoms with van der Waals surface area (Å²) >= 11 is 0. The molecule has 0 spiro atoms. The summed E-state index contributed by atoms with van der Waals surface area (Å²) in [6.45, 7) is 3.95. The van der Waals surface area contributed by atoms with E-state index in [1.54, 1.807) is 0 Å². The Morgan fingerprint density at radius 1 is 1.27 bits per heavy atom. The molecular weight excluding hydrogens is 354 g/mol. The molecule has 1 unspecified atom stereocenters. The maximum absolute atomic E-state index is 11.7. The third-order valence-corrected chi connectivity index (χ3v) is 5.90. The molecule has 1 aromatic heterocycles. The number of hydrogen-bond acceptors (Lipinski definition) is 8. The molecule has 1 aliphatic rings. The lowest BCUT2D eigenvalue weighted by Crippen LogP contribution is -2.33. The third-order valence-electron chi connectivity index (χ3n) is 4.15. The SMILES string of the molecule is CC(C)Oc1ccc(Nc2nncc(N(C)C3CCS(=O)(=O)C3)n2)cc1. The number of nitrogens with zero attached hydrogens (tertiary/aromatic N) is 4. The summed E-state index contributed by atoms with van der Waals surface area (Å²) in [5.41, 5.74) is 0.811. The highest BCUT2D eigenvalue weighted by atomic mass is 32.2. The quantitative estimate of drug-likeness (QED) is 0.817. The lowest BCUT2D eigenvalue weighted by molar-refractivity contribution is 0.242. The minimum atomic E-state index is -2.95. The van der Waals surface area contributed by atoms with E-state index >= 15 is 0 Å². The van der Waals surface area contributed by atoms with Gasteiger partial charge in [-0.1, -0.05) is 0 Å². The molecule has 26 heavy (non-hydrogen) atoms. The lowest BCUT2D eigenvalue weighted by Gasteiger charge is -2.24. The van der Waals surface area contributed by atoms with Crippen molar-refractivity contribution in [3.05, 3.63) is 30.5 Å². The number of benzene rings is 1. The minimum absolute atomic E-state index is 0.0861. The Hall–Kier alpha value is -2.42. The largest absolute Gasteiger partial charge is 0.491 e. The molecule has 2 heterocycles. The highest BCUT2D eigenvalue weighted by Crippen LogP contribution is 2.23. The maximum atomic E-state index is 11.7. The molecule has 1 N–H and O–H groups in total. The van der Waals surface area contributed by atoms with Crippen molar-refractivity contribution in [1.29, 1.82) is 0 Å². The van der Waals surface area contributed by atoms with Crippen LogP contribution in [0, 0.1) is 0 Å². The van der Waals surface area contributed by atoms with Crippen molar-refractivity contribution < 1.29 is 13.2 Å². The van der Waals surface area contributed by atoms with E-state index in [9.17, 15) is 8.42 Å². The van der Waals surface area contributed by atoms with Crippen LogP contribution in [-0.4, -0.2) is 54.3 Å². The monoisotopic (exact) mass is 377 g/mol. The Morgan fingerprint density at radius 3 is 2.62 bits per heavy atom. The molecule has 0 bridgehead atoms. The first kappa shape index (κ1) is 18.4. The maximum Gasteiger partial charge on any atom is 0.249 e. The highest BCUT2D eigenvalue weighted by molar-refractivity contribution is 7.91. The number of nitrogens with one attached hydrogen (secondary N) is 1. The Balaban J connectivity index is 1.69. The summed E-state index contributed by atoms with van der Waals surface area (Å²) < 4.78 is 29.0. The van der Waals surface area contributed by atoms with Gasteiger partial charge >= 0.3 is 0 Å². The lowest BCUT2D eigenvalue weighted by atomic mass is 10.2. The molecule has 1 fully saturated rings. The zero-order valence-electron chi connectivity index (χ0n) is 15.1. The summed E-state index contributed by atoms with van der Waals surface area (Å²) in [6, 6.07) is 7.41. The van der Waals surface area contributed by atoms with E-state index in [-0.39, 0.29) is 23.7 Å². The van der Waals surface area contributed by atoms with Crippen LogP contribution in [0.4, 0.5) is 17.5 Å². The average molecular weight is 377 g/mol. The van der Waals surface area contributed by atoms with E-state index in [2.05, 4.69) is 20.5 Å². The van der Waals surface area contributed by atoms with E-state index in [0.29, 0.717) is 18.2 Å². The van der Waals surface area contributed by atoms with Gasteiger partial charge in [-0.05, 0) is 44.5 Å². The first-order valence-corrected chi connectivity index (χ1v) is 10.3. The molecule has 3 rings (SSSR count).